The molecule has 0 atom stereocenters. The first kappa shape index (κ1) is 17.4. The highest BCUT2D eigenvalue weighted by Crippen LogP contribution is 2.21. The van der Waals surface area contributed by atoms with Gasteiger partial charge in [0.05, 0.1) is 13.0 Å². The molecule has 1 aromatic rings. The summed E-state index contributed by atoms with van der Waals surface area (Å²) in [7, 11) is 0. The number of rotatable bonds is 5. The minimum atomic E-state index is -0.392. The molecule has 1 aromatic carbocycles. The molecule has 4 nitrogen and oxygen atoms in total. The first-order valence-electron chi connectivity index (χ1n) is 6.74. The molecule has 21 heavy (non-hydrogen) atoms. The predicted octanol–water partition coefficient (Wildman–Crippen LogP) is 3.99. The van der Waals surface area contributed by atoms with Crippen molar-refractivity contribution in [3.63, 3.8) is 0 Å². The zero-order valence-electron chi connectivity index (χ0n) is 12.7. The number of benzene rings is 1. The van der Waals surface area contributed by atoms with Crippen molar-refractivity contribution < 1.29 is 14.3 Å². The van der Waals surface area contributed by atoms with Crippen LogP contribution in [-0.2, 0) is 14.3 Å². The van der Waals surface area contributed by atoms with Gasteiger partial charge in [0.15, 0.2) is 0 Å². The van der Waals surface area contributed by atoms with Gasteiger partial charge in [-0.05, 0) is 51.5 Å². The Morgan fingerprint density at radius 3 is 2.48 bits per heavy atom. The molecular weight excluding hydrogens is 334 g/mol. The Morgan fingerprint density at radius 2 is 1.95 bits per heavy atom. The Kier molecular flexibility index (Phi) is 6.62. The highest BCUT2D eigenvalue weighted by molar-refractivity contribution is 9.10. The summed E-state index contributed by atoms with van der Waals surface area (Å²) in [6, 6.07) is 5.60. The Labute approximate surface area is 133 Å². The zero-order valence-corrected chi connectivity index (χ0v) is 14.3. The summed E-state index contributed by atoms with van der Waals surface area (Å²) in [5, 5.41) is 2.84. The summed E-state index contributed by atoms with van der Waals surface area (Å²) in [5.74, 6) is -0.662. The van der Waals surface area contributed by atoms with E-state index < -0.39 is 5.97 Å². The molecule has 0 saturated heterocycles. The second-order valence-electron chi connectivity index (χ2n) is 4.87. The molecule has 5 heteroatoms. The van der Waals surface area contributed by atoms with E-state index in [0.717, 1.165) is 21.3 Å². The standard InChI is InChI=1S/C16H20BrNO3/c1-5-21-15(19)9-13(10(2)3)16(20)18-14-7-6-12(17)8-11(14)4/h6-8H,5,9H2,1-4H3,(H,18,20). The van der Waals surface area contributed by atoms with Crippen molar-refractivity contribution in [2.24, 2.45) is 0 Å². The van der Waals surface area contributed by atoms with Crippen LogP contribution < -0.4 is 5.32 Å². The maximum atomic E-state index is 12.3. The molecule has 0 saturated carbocycles. The molecule has 0 heterocycles. The molecular formula is C16H20BrNO3. The average Bonchev–Trinajstić information content (AvgIpc) is 2.39. The fourth-order valence-corrected chi connectivity index (χ4v) is 2.28. The largest absolute Gasteiger partial charge is 0.466 e. The monoisotopic (exact) mass is 353 g/mol. The van der Waals surface area contributed by atoms with E-state index in [4.69, 9.17) is 4.74 Å². The molecule has 1 N–H and O–H groups in total. The average molecular weight is 354 g/mol. The number of allylic oxidation sites excluding steroid dienone is 1. The molecule has 1 amide bonds. The van der Waals surface area contributed by atoms with Gasteiger partial charge in [0.2, 0.25) is 0 Å². The van der Waals surface area contributed by atoms with Gasteiger partial charge in [0.1, 0.15) is 0 Å². The lowest BCUT2D eigenvalue weighted by Crippen LogP contribution is -2.19. The quantitative estimate of drug-likeness (QED) is 0.643. The molecule has 0 fully saturated rings. The van der Waals surface area contributed by atoms with Gasteiger partial charge in [-0.2, -0.15) is 0 Å². The molecule has 0 spiro atoms. The van der Waals surface area contributed by atoms with E-state index >= 15 is 0 Å². The molecule has 1 rings (SSSR count). The van der Waals surface area contributed by atoms with Gasteiger partial charge in [-0.15, -0.1) is 0 Å². The Balaban J connectivity index is 2.88. The fraction of sp³-hybridized carbons (Fsp3) is 0.375. The molecule has 0 unspecified atom stereocenters. The van der Waals surface area contributed by atoms with Crippen LogP contribution in [0.15, 0.2) is 33.8 Å². The van der Waals surface area contributed by atoms with Crippen LogP contribution in [0.5, 0.6) is 0 Å². The third kappa shape index (κ3) is 5.34. The molecule has 0 aliphatic carbocycles. The van der Waals surface area contributed by atoms with Crippen LogP contribution in [0.25, 0.3) is 0 Å². The van der Waals surface area contributed by atoms with Crippen LogP contribution in [-0.4, -0.2) is 18.5 Å². The Bertz CT molecular complexity index is 575. The molecule has 0 aliphatic rings. The zero-order chi connectivity index (χ0) is 16.0. The second kappa shape index (κ2) is 7.98. The van der Waals surface area contributed by atoms with Gasteiger partial charge in [-0.3, -0.25) is 9.59 Å². The Morgan fingerprint density at radius 1 is 1.29 bits per heavy atom. The number of amides is 1. The summed E-state index contributed by atoms with van der Waals surface area (Å²) in [6.45, 7) is 7.58. The highest BCUT2D eigenvalue weighted by atomic mass is 79.9. The molecule has 0 bridgehead atoms. The number of carbonyl (C=O) groups excluding carboxylic acids is 2. The van der Waals surface area contributed by atoms with Gasteiger partial charge in [-0.1, -0.05) is 21.5 Å². The molecule has 114 valence electrons. The number of nitrogens with one attached hydrogen (secondary N) is 1. The highest BCUT2D eigenvalue weighted by Gasteiger charge is 2.17. The first-order chi connectivity index (χ1) is 9.85. The van der Waals surface area contributed by atoms with Gasteiger partial charge in [0, 0.05) is 15.7 Å². The Hall–Kier alpha value is -1.62. The van der Waals surface area contributed by atoms with Crippen molar-refractivity contribution in [1.29, 1.82) is 0 Å². The van der Waals surface area contributed by atoms with E-state index in [2.05, 4.69) is 21.2 Å². The number of hydrogen-bond donors (Lipinski definition) is 1. The number of anilines is 1. The lowest BCUT2D eigenvalue weighted by molar-refractivity contribution is -0.142. The topological polar surface area (TPSA) is 55.4 Å². The van der Waals surface area contributed by atoms with Crippen LogP contribution in [0.2, 0.25) is 0 Å². The lowest BCUT2D eigenvalue weighted by Gasteiger charge is -2.12. The first-order valence-corrected chi connectivity index (χ1v) is 7.54. The maximum absolute atomic E-state index is 12.3. The van der Waals surface area contributed by atoms with Crippen molar-refractivity contribution in [1.82, 2.24) is 0 Å². The number of halogens is 1. The fourth-order valence-electron chi connectivity index (χ4n) is 1.81. The summed E-state index contributed by atoms with van der Waals surface area (Å²) in [6.07, 6.45) is -0.0163. The van der Waals surface area contributed by atoms with E-state index in [1.165, 1.54) is 0 Å². The van der Waals surface area contributed by atoms with E-state index in [0.29, 0.717) is 12.2 Å². The number of aryl methyl sites for hydroxylation is 1. The molecule has 0 radical (unpaired) electrons. The van der Waals surface area contributed by atoms with E-state index in [9.17, 15) is 9.59 Å². The van der Waals surface area contributed by atoms with E-state index in [-0.39, 0.29) is 12.3 Å². The summed E-state index contributed by atoms with van der Waals surface area (Å²) in [4.78, 5) is 23.9. The molecule has 0 aromatic heterocycles. The van der Waals surface area contributed by atoms with Crippen LogP contribution in [0.3, 0.4) is 0 Å². The summed E-state index contributed by atoms with van der Waals surface area (Å²) >= 11 is 3.38. The van der Waals surface area contributed by atoms with Crippen LogP contribution in [0, 0.1) is 6.92 Å². The number of esters is 1. The summed E-state index contributed by atoms with van der Waals surface area (Å²) < 4.78 is 5.85. The van der Waals surface area contributed by atoms with Gasteiger partial charge < -0.3 is 10.1 Å². The van der Waals surface area contributed by atoms with E-state index in [1.54, 1.807) is 6.92 Å². The van der Waals surface area contributed by atoms with Crippen LogP contribution >= 0.6 is 15.9 Å². The normalized spacial score (nSPS) is 9.95. The molecule has 0 aliphatic heterocycles. The minimum absolute atomic E-state index is 0.0163. The van der Waals surface area contributed by atoms with Crippen molar-refractivity contribution >= 4 is 33.5 Å². The van der Waals surface area contributed by atoms with Gasteiger partial charge >= 0.3 is 5.97 Å². The third-order valence-corrected chi connectivity index (χ3v) is 3.43. The number of hydrogen-bond acceptors (Lipinski definition) is 3. The number of carbonyl (C=O) groups is 2. The van der Waals surface area contributed by atoms with Crippen LogP contribution in [0.1, 0.15) is 32.8 Å². The van der Waals surface area contributed by atoms with Crippen molar-refractivity contribution in [3.8, 4) is 0 Å². The number of ether oxygens (including phenoxy) is 1. The van der Waals surface area contributed by atoms with E-state index in [1.807, 2.05) is 39.0 Å². The maximum Gasteiger partial charge on any atom is 0.310 e. The van der Waals surface area contributed by atoms with Crippen LogP contribution in [0.4, 0.5) is 5.69 Å². The smallest absolute Gasteiger partial charge is 0.310 e. The second-order valence-corrected chi connectivity index (χ2v) is 5.79. The SMILES string of the molecule is CCOC(=O)CC(C(=O)Nc1ccc(Br)cc1C)=C(C)C. The van der Waals surface area contributed by atoms with Crippen molar-refractivity contribution in [3.05, 3.63) is 39.4 Å². The summed E-state index contributed by atoms with van der Waals surface area (Å²) in [5.41, 5.74) is 2.92. The minimum Gasteiger partial charge on any atom is -0.466 e. The predicted molar refractivity (Wildman–Crippen MR) is 87.1 cm³/mol. The van der Waals surface area contributed by atoms with Gasteiger partial charge in [0.25, 0.3) is 5.91 Å². The lowest BCUT2D eigenvalue weighted by atomic mass is 10.1. The van der Waals surface area contributed by atoms with Crippen molar-refractivity contribution in [2.75, 3.05) is 11.9 Å². The van der Waals surface area contributed by atoms with Gasteiger partial charge in [-0.25, -0.2) is 0 Å². The van der Waals surface area contributed by atoms with Crippen molar-refractivity contribution in [2.45, 2.75) is 34.1 Å². The third-order valence-electron chi connectivity index (χ3n) is 2.94.